The molecule has 0 aliphatic rings. The lowest BCUT2D eigenvalue weighted by Crippen LogP contribution is -2.33. The molecule has 19 heavy (non-hydrogen) atoms. The van der Waals surface area contributed by atoms with Crippen molar-refractivity contribution < 1.29 is 12.8 Å². The molecule has 0 amide bonds. The number of nitrogens with one attached hydrogen (secondary N) is 1. The van der Waals surface area contributed by atoms with Crippen molar-refractivity contribution in [3.8, 4) is 0 Å². The van der Waals surface area contributed by atoms with Crippen LogP contribution in [0.4, 0.5) is 10.1 Å². The van der Waals surface area contributed by atoms with Crippen molar-refractivity contribution in [2.75, 3.05) is 5.73 Å². The number of hydrogen-bond donors (Lipinski definition) is 2. The van der Waals surface area contributed by atoms with Crippen LogP contribution in [0.5, 0.6) is 0 Å². The fraction of sp³-hybridized carbons (Fsp3) is 0.538. The third kappa shape index (κ3) is 4.18. The van der Waals surface area contributed by atoms with Crippen molar-refractivity contribution in [1.82, 2.24) is 4.72 Å². The van der Waals surface area contributed by atoms with Crippen molar-refractivity contribution in [1.29, 1.82) is 0 Å². The highest BCUT2D eigenvalue weighted by molar-refractivity contribution is 7.89. The number of sulfonamides is 1. The standard InChI is InChI=1S/C13H21FN2O2S/c1-8(2)5-9(3)16-19(17,18)11-6-12(14)10(4)13(15)7-11/h6-9,16H,5,15H2,1-4H3. The molecular formula is C13H21FN2O2S. The predicted octanol–water partition coefficient (Wildman–Crippen LogP) is 2.43. The summed E-state index contributed by atoms with van der Waals surface area (Å²) in [5.74, 6) is -0.241. The molecule has 6 heteroatoms. The Bertz CT molecular complexity index is 533. The third-order valence-electron chi connectivity index (χ3n) is 2.85. The van der Waals surface area contributed by atoms with Crippen molar-refractivity contribution >= 4 is 15.7 Å². The summed E-state index contributed by atoms with van der Waals surface area (Å²) >= 11 is 0. The van der Waals surface area contributed by atoms with Gasteiger partial charge in [-0.25, -0.2) is 17.5 Å². The number of rotatable bonds is 5. The van der Waals surface area contributed by atoms with Gasteiger partial charge in [0.2, 0.25) is 10.0 Å². The van der Waals surface area contributed by atoms with Gasteiger partial charge in [-0.05, 0) is 38.3 Å². The van der Waals surface area contributed by atoms with Crippen molar-refractivity contribution in [3.05, 3.63) is 23.5 Å². The van der Waals surface area contributed by atoms with E-state index in [-0.39, 0.29) is 22.2 Å². The number of anilines is 1. The van der Waals surface area contributed by atoms with Crippen LogP contribution in [0.15, 0.2) is 17.0 Å². The number of hydrogen-bond acceptors (Lipinski definition) is 3. The van der Waals surface area contributed by atoms with Gasteiger partial charge in [-0.15, -0.1) is 0 Å². The number of nitrogen functional groups attached to an aromatic ring is 1. The van der Waals surface area contributed by atoms with Crippen LogP contribution in [0, 0.1) is 18.7 Å². The Balaban J connectivity index is 3.01. The smallest absolute Gasteiger partial charge is 0.240 e. The quantitative estimate of drug-likeness (QED) is 0.817. The molecular weight excluding hydrogens is 267 g/mol. The van der Waals surface area contributed by atoms with Crippen LogP contribution in [-0.2, 0) is 10.0 Å². The van der Waals surface area contributed by atoms with Gasteiger partial charge in [-0.2, -0.15) is 0 Å². The van der Waals surface area contributed by atoms with E-state index in [1.165, 1.54) is 13.0 Å². The van der Waals surface area contributed by atoms with Gasteiger partial charge in [0.25, 0.3) is 0 Å². The Morgan fingerprint density at radius 2 is 1.89 bits per heavy atom. The van der Waals surface area contributed by atoms with E-state index in [4.69, 9.17) is 5.73 Å². The molecule has 1 atom stereocenters. The minimum Gasteiger partial charge on any atom is -0.398 e. The van der Waals surface area contributed by atoms with E-state index >= 15 is 0 Å². The Labute approximate surface area is 114 Å². The van der Waals surface area contributed by atoms with Crippen molar-refractivity contribution in [2.24, 2.45) is 5.92 Å². The summed E-state index contributed by atoms with van der Waals surface area (Å²) in [4.78, 5) is -0.135. The lowest BCUT2D eigenvalue weighted by molar-refractivity contribution is 0.482. The molecule has 0 aliphatic heterocycles. The van der Waals surface area contributed by atoms with Crippen molar-refractivity contribution in [3.63, 3.8) is 0 Å². The summed E-state index contributed by atoms with van der Waals surface area (Å²) in [7, 11) is -3.74. The third-order valence-corrected chi connectivity index (χ3v) is 4.42. The maximum absolute atomic E-state index is 13.5. The topological polar surface area (TPSA) is 72.2 Å². The largest absolute Gasteiger partial charge is 0.398 e. The van der Waals surface area contributed by atoms with Gasteiger partial charge in [0.05, 0.1) is 4.90 Å². The van der Waals surface area contributed by atoms with E-state index in [1.807, 2.05) is 13.8 Å². The van der Waals surface area contributed by atoms with E-state index in [9.17, 15) is 12.8 Å². The molecule has 0 aliphatic carbocycles. The molecule has 0 fully saturated rings. The van der Waals surface area contributed by atoms with Gasteiger partial charge >= 0.3 is 0 Å². The molecule has 0 saturated heterocycles. The van der Waals surface area contributed by atoms with Crippen LogP contribution in [-0.4, -0.2) is 14.5 Å². The second-order valence-electron chi connectivity index (χ2n) is 5.27. The first-order chi connectivity index (χ1) is 8.63. The Morgan fingerprint density at radius 3 is 2.37 bits per heavy atom. The zero-order valence-electron chi connectivity index (χ0n) is 11.7. The zero-order chi connectivity index (χ0) is 14.8. The van der Waals surface area contributed by atoms with Crippen LogP contribution in [0.3, 0.4) is 0 Å². The molecule has 1 unspecified atom stereocenters. The SMILES string of the molecule is Cc1c(N)cc(S(=O)(=O)NC(C)CC(C)C)cc1F. The summed E-state index contributed by atoms with van der Waals surface area (Å²) in [5, 5.41) is 0. The molecule has 4 nitrogen and oxygen atoms in total. The van der Waals surface area contributed by atoms with Crippen molar-refractivity contribution in [2.45, 2.75) is 45.1 Å². The van der Waals surface area contributed by atoms with Gasteiger partial charge < -0.3 is 5.73 Å². The highest BCUT2D eigenvalue weighted by atomic mass is 32.2. The van der Waals surface area contributed by atoms with Gasteiger partial charge in [-0.3, -0.25) is 0 Å². The maximum Gasteiger partial charge on any atom is 0.240 e. The summed E-state index contributed by atoms with van der Waals surface area (Å²) in [5.41, 5.74) is 5.99. The monoisotopic (exact) mass is 288 g/mol. The Hall–Kier alpha value is -1.14. The lowest BCUT2D eigenvalue weighted by Gasteiger charge is -2.16. The fourth-order valence-electron chi connectivity index (χ4n) is 1.92. The number of halogens is 1. The molecule has 1 aromatic rings. The van der Waals surface area contributed by atoms with Gasteiger partial charge in [0, 0.05) is 17.3 Å². The highest BCUT2D eigenvalue weighted by Crippen LogP contribution is 2.21. The molecule has 0 radical (unpaired) electrons. The van der Waals surface area contributed by atoms with Crippen LogP contribution in [0.1, 0.15) is 32.8 Å². The van der Waals surface area contributed by atoms with E-state index in [2.05, 4.69) is 4.72 Å². The van der Waals surface area contributed by atoms with Gasteiger partial charge in [-0.1, -0.05) is 13.8 Å². The second-order valence-corrected chi connectivity index (χ2v) is 6.99. The average molecular weight is 288 g/mol. The number of nitrogens with two attached hydrogens (primary N) is 1. The summed E-state index contributed by atoms with van der Waals surface area (Å²) in [6.07, 6.45) is 0.711. The molecule has 108 valence electrons. The van der Waals surface area contributed by atoms with E-state index < -0.39 is 15.8 Å². The molecule has 3 N–H and O–H groups in total. The fourth-order valence-corrected chi connectivity index (χ4v) is 3.22. The molecule has 0 spiro atoms. The van der Waals surface area contributed by atoms with E-state index in [1.54, 1.807) is 6.92 Å². The molecule has 0 saturated carbocycles. The van der Waals surface area contributed by atoms with Crippen LogP contribution in [0.25, 0.3) is 0 Å². The average Bonchev–Trinajstić information content (AvgIpc) is 2.22. The summed E-state index contributed by atoms with van der Waals surface area (Å²) in [6.45, 7) is 7.31. The first kappa shape index (κ1) is 15.9. The summed E-state index contributed by atoms with van der Waals surface area (Å²) in [6, 6.07) is 2.06. The number of benzene rings is 1. The minimum atomic E-state index is -3.74. The first-order valence-corrected chi connectivity index (χ1v) is 7.69. The van der Waals surface area contributed by atoms with Gasteiger partial charge in [0.15, 0.2) is 0 Å². The molecule has 0 bridgehead atoms. The highest BCUT2D eigenvalue weighted by Gasteiger charge is 2.20. The summed E-state index contributed by atoms with van der Waals surface area (Å²) < 4.78 is 40.3. The first-order valence-electron chi connectivity index (χ1n) is 6.21. The molecule has 1 rings (SSSR count). The predicted molar refractivity (Wildman–Crippen MR) is 74.8 cm³/mol. The molecule has 0 aromatic heterocycles. The van der Waals surface area contributed by atoms with E-state index in [0.717, 1.165) is 6.07 Å². The Morgan fingerprint density at radius 1 is 1.32 bits per heavy atom. The van der Waals surface area contributed by atoms with Gasteiger partial charge in [0.1, 0.15) is 5.82 Å². The van der Waals surface area contributed by atoms with Crippen LogP contribution < -0.4 is 10.5 Å². The van der Waals surface area contributed by atoms with Crippen LogP contribution in [0.2, 0.25) is 0 Å². The molecule has 0 heterocycles. The Kier molecular flexibility index (Phi) is 4.92. The van der Waals surface area contributed by atoms with Crippen LogP contribution >= 0.6 is 0 Å². The lowest BCUT2D eigenvalue weighted by atomic mass is 10.1. The normalized spacial score (nSPS) is 13.8. The second kappa shape index (κ2) is 5.88. The maximum atomic E-state index is 13.5. The molecule has 1 aromatic carbocycles. The zero-order valence-corrected chi connectivity index (χ0v) is 12.5. The van der Waals surface area contributed by atoms with E-state index in [0.29, 0.717) is 12.3 Å². The minimum absolute atomic E-state index is 0.135.